The van der Waals surface area contributed by atoms with Gasteiger partial charge in [-0.25, -0.2) is 4.79 Å². The number of rotatable bonds is 5. The summed E-state index contributed by atoms with van der Waals surface area (Å²) in [6.45, 7) is 2.75. The number of aliphatic carboxylic acids is 1. The Balaban J connectivity index is 3.42. The summed E-state index contributed by atoms with van der Waals surface area (Å²) >= 11 is 0. The van der Waals surface area contributed by atoms with E-state index in [9.17, 15) is 25.0 Å². The minimum absolute atomic E-state index is 0.00648. The molecule has 0 aliphatic heterocycles. The molecule has 0 fully saturated rings. The third kappa shape index (κ3) is 2.66. The van der Waals surface area contributed by atoms with Gasteiger partial charge in [0.1, 0.15) is 11.2 Å². The number of non-ortho nitro benzene ring substituents is 1. The highest BCUT2D eigenvalue weighted by Gasteiger charge is 2.36. The largest absolute Gasteiger partial charge is 0.480 e. The Morgan fingerprint density at radius 1 is 1.25 bits per heavy atom. The Hall–Kier alpha value is -2.71. The summed E-state index contributed by atoms with van der Waals surface area (Å²) in [4.78, 5) is 32.5. The van der Waals surface area contributed by atoms with Crippen LogP contribution in [-0.2, 0) is 4.79 Å². The molecule has 9 nitrogen and oxygen atoms in total. The van der Waals surface area contributed by atoms with E-state index >= 15 is 0 Å². The molecule has 1 N–H and O–H groups in total. The maximum absolute atomic E-state index is 11.2. The first kappa shape index (κ1) is 15.3. The zero-order valence-electron chi connectivity index (χ0n) is 11.1. The van der Waals surface area contributed by atoms with Crippen molar-refractivity contribution in [1.82, 2.24) is 0 Å². The number of carboxylic acid groups (broad SMARTS) is 1. The van der Waals surface area contributed by atoms with Crippen LogP contribution in [0.2, 0.25) is 0 Å². The molecule has 0 heterocycles. The van der Waals surface area contributed by atoms with Gasteiger partial charge in [0.05, 0.1) is 15.9 Å². The summed E-state index contributed by atoms with van der Waals surface area (Å²) in [7, 11) is 1.38. The van der Waals surface area contributed by atoms with Gasteiger partial charge in [0.15, 0.2) is 0 Å². The number of likely N-dealkylation sites (N-methyl/N-ethyl adjacent to an activating group) is 1. The molecule has 1 aromatic carbocycles. The fraction of sp³-hybridized carbons (Fsp3) is 0.364. The van der Waals surface area contributed by atoms with Crippen LogP contribution in [0.1, 0.15) is 13.8 Å². The van der Waals surface area contributed by atoms with Gasteiger partial charge in [-0.1, -0.05) is 0 Å². The monoisotopic (exact) mass is 283 g/mol. The lowest BCUT2D eigenvalue weighted by Crippen LogP contribution is -2.48. The van der Waals surface area contributed by atoms with Crippen molar-refractivity contribution in [2.75, 3.05) is 11.9 Å². The average Bonchev–Trinajstić information content (AvgIpc) is 2.36. The van der Waals surface area contributed by atoms with Crippen LogP contribution < -0.4 is 4.90 Å². The summed E-state index contributed by atoms with van der Waals surface area (Å²) in [5.41, 5.74) is -2.35. The van der Waals surface area contributed by atoms with Crippen LogP contribution in [0.25, 0.3) is 0 Å². The van der Waals surface area contributed by atoms with Crippen molar-refractivity contribution in [2.45, 2.75) is 19.4 Å². The van der Waals surface area contributed by atoms with Gasteiger partial charge in [0, 0.05) is 13.1 Å². The Bertz CT molecular complexity index is 584. The van der Waals surface area contributed by atoms with Crippen LogP contribution in [0, 0.1) is 20.2 Å². The molecule has 0 aliphatic carbocycles. The van der Waals surface area contributed by atoms with E-state index in [4.69, 9.17) is 5.11 Å². The summed E-state index contributed by atoms with van der Waals surface area (Å²) < 4.78 is 0. The molecule has 0 radical (unpaired) electrons. The Morgan fingerprint density at radius 3 is 2.20 bits per heavy atom. The smallest absolute Gasteiger partial charge is 0.328 e. The second kappa shape index (κ2) is 5.11. The summed E-state index contributed by atoms with van der Waals surface area (Å²) in [5.74, 6) is -1.17. The number of nitrogens with zero attached hydrogens (tertiary/aromatic N) is 3. The number of anilines is 1. The number of carboxylic acids is 1. The van der Waals surface area contributed by atoms with Crippen molar-refractivity contribution in [3.05, 3.63) is 38.4 Å². The molecule has 0 amide bonds. The second-order valence-electron chi connectivity index (χ2n) is 4.61. The molecule has 0 atom stereocenters. The van der Waals surface area contributed by atoms with Gasteiger partial charge in [0.25, 0.3) is 11.4 Å². The quantitative estimate of drug-likeness (QED) is 0.644. The van der Waals surface area contributed by atoms with Crippen LogP contribution in [0.4, 0.5) is 17.1 Å². The van der Waals surface area contributed by atoms with E-state index < -0.39 is 32.7 Å². The standard InChI is InChI=1S/C11H13N3O6/c1-11(2,10(15)16)12(3)8-5-4-7(13(17)18)6-9(8)14(19)20/h4-6H,1-3H3,(H,15,16). The van der Waals surface area contributed by atoms with E-state index in [-0.39, 0.29) is 5.69 Å². The van der Waals surface area contributed by atoms with Crippen LogP contribution in [0.5, 0.6) is 0 Å². The fourth-order valence-corrected chi connectivity index (χ4v) is 1.50. The lowest BCUT2D eigenvalue weighted by molar-refractivity contribution is -0.393. The van der Waals surface area contributed by atoms with Crippen molar-refractivity contribution in [3.63, 3.8) is 0 Å². The number of hydrogen-bond donors (Lipinski definition) is 1. The average molecular weight is 283 g/mol. The van der Waals surface area contributed by atoms with E-state index in [2.05, 4.69) is 0 Å². The minimum Gasteiger partial charge on any atom is -0.480 e. The third-order valence-electron chi connectivity index (χ3n) is 3.09. The topological polar surface area (TPSA) is 127 Å². The van der Waals surface area contributed by atoms with Gasteiger partial charge in [-0.15, -0.1) is 0 Å². The number of hydrogen-bond acceptors (Lipinski definition) is 6. The summed E-state index contributed by atoms with van der Waals surface area (Å²) in [5, 5.41) is 30.8. The summed E-state index contributed by atoms with van der Waals surface area (Å²) in [6, 6.07) is 3.07. The van der Waals surface area contributed by atoms with Gasteiger partial charge in [-0.05, 0) is 19.9 Å². The highest BCUT2D eigenvalue weighted by atomic mass is 16.6. The van der Waals surface area contributed by atoms with Gasteiger partial charge >= 0.3 is 5.97 Å². The Morgan fingerprint density at radius 2 is 1.80 bits per heavy atom. The molecule has 0 aromatic heterocycles. The van der Waals surface area contributed by atoms with Crippen molar-refractivity contribution in [3.8, 4) is 0 Å². The van der Waals surface area contributed by atoms with Crippen molar-refractivity contribution in [1.29, 1.82) is 0 Å². The predicted molar refractivity (Wildman–Crippen MR) is 69.9 cm³/mol. The van der Waals surface area contributed by atoms with E-state index in [1.54, 1.807) is 0 Å². The van der Waals surface area contributed by atoms with Crippen molar-refractivity contribution in [2.24, 2.45) is 0 Å². The molecular weight excluding hydrogens is 270 g/mol. The van der Waals surface area contributed by atoms with Crippen LogP contribution in [-0.4, -0.2) is 33.5 Å². The van der Waals surface area contributed by atoms with Crippen LogP contribution >= 0.6 is 0 Å². The zero-order valence-corrected chi connectivity index (χ0v) is 11.1. The molecule has 1 aromatic rings. The SMILES string of the molecule is CN(c1ccc([N+](=O)[O-])cc1[N+](=O)[O-])C(C)(C)C(=O)O. The first-order valence-corrected chi connectivity index (χ1v) is 5.49. The molecule has 1 rings (SSSR count). The van der Waals surface area contributed by atoms with Gasteiger partial charge in [-0.2, -0.15) is 0 Å². The Kier molecular flexibility index (Phi) is 3.92. The molecule has 0 saturated carbocycles. The van der Waals surface area contributed by atoms with E-state index in [1.165, 1.54) is 31.9 Å². The molecular formula is C11H13N3O6. The van der Waals surface area contributed by atoms with Crippen molar-refractivity contribution < 1.29 is 19.7 Å². The first-order chi connectivity index (χ1) is 9.09. The highest BCUT2D eigenvalue weighted by molar-refractivity contribution is 5.84. The highest BCUT2D eigenvalue weighted by Crippen LogP contribution is 2.34. The fourth-order valence-electron chi connectivity index (χ4n) is 1.50. The van der Waals surface area contributed by atoms with E-state index in [0.717, 1.165) is 12.1 Å². The molecule has 0 saturated heterocycles. The maximum Gasteiger partial charge on any atom is 0.328 e. The lowest BCUT2D eigenvalue weighted by Gasteiger charge is -2.32. The molecule has 20 heavy (non-hydrogen) atoms. The van der Waals surface area contributed by atoms with E-state index in [1.807, 2.05) is 0 Å². The number of nitro groups is 2. The normalized spacial score (nSPS) is 10.9. The van der Waals surface area contributed by atoms with Gasteiger partial charge in [-0.3, -0.25) is 20.2 Å². The predicted octanol–water partition coefficient (Wildman–Crippen LogP) is 1.80. The molecule has 108 valence electrons. The Labute approximate surface area is 113 Å². The lowest BCUT2D eigenvalue weighted by atomic mass is 10.0. The van der Waals surface area contributed by atoms with Crippen LogP contribution in [0.3, 0.4) is 0 Å². The van der Waals surface area contributed by atoms with Crippen molar-refractivity contribution >= 4 is 23.0 Å². The molecule has 0 unspecified atom stereocenters. The number of carbonyl (C=O) groups is 1. The third-order valence-corrected chi connectivity index (χ3v) is 3.09. The number of benzene rings is 1. The zero-order chi connectivity index (χ0) is 15.7. The second-order valence-corrected chi connectivity index (χ2v) is 4.61. The molecule has 0 aliphatic rings. The summed E-state index contributed by atoms with van der Waals surface area (Å²) in [6.07, 6.45) is 0. The minimum atomic E-state index is -1.40. The molecule has 9 heteroatoms. The van der Waals surface area contributed by atoms with E-state index in [0.29, 0.717) is 0 Å². The number of nitro benzene ring substituents is 2. The van der Waals surface area contributed by atoms with Crippen LogP contribution in [0.15, 0.2) is 18.2 Å². The maximum atomic E-state index is 11.2. The molecule has 0 bridgehead atoms. The molecule has 0 spiro atoms. The van der Waals surface area contributed by atoms with Gasteiger partial charge < -0.3 is 10.0 Å². The van der Waals surface area contributed by atoms with Gasteiger partial charge in [0.2, 0.25) is 0 Å². The first-order valence-electron chi connectivity index (χ1n) is 5.49.